The first kappa shape index (κ1) is 8.48. The molecule has 0 unspecified atom stereocenters. The van der Waals surface area contributed by atoms with E-state index in [2.05, 4.69) is 12.2 Å². The zero-order valence-electron chi connectivity index (χ0n) is 7.64. The molecule has 3 heteroatoms. The van der Waals surface area contributed by atoms with Crippen LogP contribution in [0.25, 0.3) is 0 Å². The van der Waals surface area contributed by atoms with Gasteiger partial charge in [0.05, 0.1) is 13.2 Å². The topological polar surface area (TPSA) is 30.5 Å². The molecule has 0 aromatic rings. The molecule has 2 rings (SSSR count). The summed E-state index contributed by atoms with van der Waals surface area (Å²) >= 11 is 0. The quantitative estimate of drug-likeness (QED) is 0.631. The van der Waals surface area contributed by atoms with Crippen LogP contribution < -0.4 is 5.32 Å². The summed E-state index contributed by atoms with van der Waals surface area (Å²) in [6.45, 7) is 5.76. The summed E-state index contributed by atoms with van der Waals surface area (Å²) in [7, 11) is 0. The molecule has 70 valence electrons. The minimum atomic E-state index is -0.298. The minimum absolute atomic E-state index is 0.298. The number of hydrogen-bond donors (Lipinski definition) is 1. The number of piperidine rings is 1. The molecule has 2 fully saturated rings. The lowest BCUT2D eigenvalue weighted by Crippen LogP contribution is -2.44. The summed E-state index contributed by atoms with van der Waals surface area (Å²) in [5, 5.41) is 3.38. The summed E-state index contributed by atoms with van der Waals surface area (Å²) in [6.07, 6.45) is 2.47. The Hall–Kier alpha value is -0.120. The van der Waals surface area contributed by atoms with Gasteiger partial charge in [-0.15, -0.1) is 0 Å². The van der Waals surface area contributed by atoms with Crippen LogP contribution in [-0.4, -0.2) is 32.1 Å². The number of nitrogens with one attached hydrogen (secondary N) is 1. The molecule has 0 radical (unpaired) electrons. The van der Waals surface area contributed by atoms with Crippen LogP contribution in [0.2, 0.25) is 0 Å². The molecule has 2 saturated heterocycles. The molecule has 1 N–H and O–H groups in total. The van der Waals surface area contributed by atoms with E-state index in [9.17, 15) is 0 Å². The van der Waals surface area contributed by atoms with Crippen molar-refractivity contribution in [2.45, 2.75) is 25.6 Å². The molecule has 0 saturated carbocycles. The molecule has 2 aliphatic heterocycles. The maximum Gasteiger partial charge on any atom is 0.169 e. The van der Waals surface area contributed by atoms with Crippen molar-refractivity contribution in [1.82, 2.24) is 5.32 Å². The second-order valence-corrected chi connectivity index (χ2v) is 3.76. The Bertz CT molecular complexity index is 149. The van der Waals surface area contributed by atoms with Gasteiger partial charge in [-0.1, -0.05) is 0 Å². The van der Waals surface area contributed by atoms with Crippen molar-refractivity contribution in [2.75, 3.05) is 26.3 Å². The monoisotopic (exact) mass is 171 g/mol. The average molecular weight is 171 g/mol. The third kappa shape index (κ3) is 1.49. The fraction of sp³-hybridized carbons (Fsp3) is 1.00. The van der Waals surface area contributed by atoms with Crippen molar-refractivity contribution >= 4 is 0 Å². The molecule has 0 bridgehead atoms. The van der Waals surface area contributed by atoms with Gasteiger partial charge in [0.15, 0.2) is 5.79 Å². The van der Waals surface area contributed by atoms with E-state index in [0.717, 1.165) is 26.3 Å². The lowest BCUT2D eigenvalue weighted by molar-refractivity contribution is -0.184. The first-order chi connectivity index (χ1) is 5.81. The van der Waals surface area contributed by atoms with Crippen LogP contribution in [0.3, 0.4) is 0 Å². The Balaban J connectivity index is 1.96. The van der Waals surface area contributed by atoms with Crippen molar-refractivity contribution < 1.29 is 9.47 Å². The minimum Gasteiger partial charge on any atom is -0.347 e. The summed E-state index contributed by atoms with van der Waals surface area (Å²) in [4.78, 5) is 0. The second-order valence-electron chi connectivity index (χ2n) is 3.76. The molecule has 0 aromatic heterocycles. The van der Waals surface area contributed by atoms with Gasteiger partial charge in [-0.2, -0.15) is 0 Å². The highest BCUT2D eigenvalue weighted by Crippen LogP contribution is 2.31. The van der Waals surface area contributed by atoms with Crippen LogP contribution in [0.4, 0.5) is 0 Å². The molecule has 2 aliphatic rings. The lowest BCUT2D eigenvalue weighted by atomic mass is 9.92. The third-order valence-corrected chi connectivity index (χ3v) is 2.90. The standard InChI is InChI=1S/C9H17NO2/c1-9(11-5-6-12-9)8-3-2-4-10-7-8/h8,10H,2-7H2,1H3/t8-/m1/s1. The Morgan fingerprint density at radius 3 is 2.67 bits per heavy atom. The largest absolute Gasteiger partial charge is 0.347 e. The SMILES string of the molecule is CC1([C@@H]2CCCNC2)OCCO1. The van der Waals surface area contributed by atoms with Crippen LogP contribution in [-0.2, 0) is 9.47 Å². The molecule has 2 heterocycles. The van der Waals surface area contributed by atoms with Gasteiger partial charge in [0, 0.05) is 12.5 Å². The number of ether oxygens (including phenoxy) is 2. The van der Waals surface area contributed by atoms with E-state index in [1.807, 2.05) is 0 Å². The Morgan fingerprint density at radius 2 is 2.08 bits per heavy atom. The molecule has 0 aliphatic carbocycles. The first-order valence-corrected chi connectivity index (χ1v) is 4.80. The van der Waals surface area contributed by atoms with E-state index >= 15 is 0 Å². The maximum absolute atomic E-state index is 5.62. The van der Waals surface area contributed by atoms with E-state index in [4.69, 9.17) is 9.47 Å². The zero-order valence-corrected chi connectivity index (χ0v) is 7.64. The van der Waals surface area contributed by atoms with Gasteiger partial charge in [0.2, 0.25) is 0 Å². The molecule has 12 heavy (non-hydrogen) atoms. The highest BCUT2D eigenvalue weighted by Gasteiger charge is 2.39. The van der Waals surface area contributed by atoms with Gasteiger partial charge in [-0.3, -0.25) is 0 Å². The van der Waals surface area contributed by atoms with Gasteiger partial charge < -0.3 is 14.8 Å². The smallest absolute Gasteiger partial charge is 0.169 e. The van der Waals surface area contributed by atoms with Crippen molar-refractivity contribution in [3.05, 3.63) is 0 Å². The molecule has 0 amide bonds. The maximum atomic E-state index is 5.62. The number of hydrogen-bond acceptors (Lipinski definition) is 3. The molecule has 0 spiro atoms. The fourth-order valence-electron chi connectivity index (χ4n) is 2.07. The molecule has 0 aromatic carbocycles. The van der Waals surface area contributed by atoms with E-state index in [-0.39, 0.29) is 5.79 Å². The van der Waals surface area contributed by atoms with E-state index in [1.54, 1.807) is 0 Å². The van der Waals surface area contributed by atoms with Crippen LogP contribution >= 0.6 is 0 Å². The summed E-state index contributed by atoms with van der Waals surface area (Å²) in [5.74, 6) is 0.238. The van der Waals surface area contributed by atoms with E-state index in [1.165, 1.54) is 12.8 Å². The van der Waals surface area contributed by atoms with E-state index in [0.29, 0.717) is 5.92 Å². The van der Waals surface area contributed by atoms with Crippen LogP contribution in [0.5, 0.6) is 0 Å². The summed E-state index contributed by atoms with van der Waals surface area (Å²) < 4.78 is 11.2. The van der Waals surface area contributed by atoms with Crippen LogP contribution in [0.1, 0.15) is 19.8 Å². The first-order valence-electron chi connectivity index (χ1n) is 4.80. The summed E-state index contributed by atoms with van der Waals surface area (Å²) in [5.41, 5.74) is 0. The van der Waals surface area contributed by atoms with Crippen molar-refractivity contribution in [3.8, 4) is 0 Å². The Labute approximate surface area is 73.4 Å². The van der Waals surface area contributed by atoms with E-state index < -0.39 is 0 Å². The Kier molecular flexibility index (Phi) is 2.35. The molecule has 1 atom stereocenters. The predicted molar refractivity (Wildman–Crippen MR) is 45.9 cm³/mol. The highest BCUT2D eigenvalue weighted by atomic mass is 16.7. The van der Waals surface area contributed by atoms with Gasteiger partial charge in [0.25, 0.3) is 0 Å². The van der Waals surface area contributed by atoms with Gasteiger partial charge >= 0.3 is 0 Å². The number of rotatable bonds is 1. The van der Waals surface area contributed by atoms with Crippen molar-refractivity contribution in [3.63, 3.8) is 0 Å². The molecular formula is C9H17NO2. The van der Waals surface area contributed by atoms with Gasteiger partial charge in [0.1, 0.15) is 0 Å². The third-order valence-electron chi connectivity index (χ3n) is 2.90. The molecular weight excluding hydrogens is 154 g/mol. The highest BCUT2D eigenvalue weighted by molar-refractivity contribution is 4.82. The van der Waals surface area contributed by atoms with Gasteiger partial charge in [-0.25, -0.2) is 0 Å². The predicted octanol–water partition coefficient (Wildman–Crippen LogP) is 0.749. The van der Waals surface area contributed by atoms with Crippen molar-refractivity contribution in [2.24, 2.45) is 5.92 Å². The zero-order chi connectivity index (χ0) is 8.44. The fourth-order valence-corrected chi connectivity index (χ4v) is 2.07. The molecule has 3 nitrogen and oxygen atoms in total. The lowest BCUT2D eigenvalue weighted by Gasteiger charge is -2.35. The van der Waals surface area contributed by atoms with Gasteiger partial charge in [-0.05, 0) is 26.3 Å². The van der Waals surface area contributed by atoms with Crippen LogP contribution in [0.15, 0.2) is 0 Å². The second kappa shape index (κ2) is 3.32. The normalized spacial score (nSPS) is 35.2. The Morgan fingerprint density at radius 1 is 1.33 bits per heavy atom. The summed E-state index contributed by atoms with van der Waals surface area (Å²) in [6, 6.07) is 0. The van der Waals surface area contributed by atoms with Crippen LogP contribution in [0, 0.1) is 5.92 Å². The average Bonchev–Trinajstić information content (AvgIpc) is 2.55. The van der Waals surface area contributed by atoms with Crippen molar-refractivity contribution in [1.29, 1.82) is 0 Å².